The Balaban J connectivity index is 1.97. The van der Waals surface area contributed by atoms with Gasteiger partial charge in [-0.15, -0.1) is 0 Å². The number of hydrogen-bond donors (Lipinski definition) is 1. The lowest BCUT2D eigenvalue weighted by Crippen LogP contribution is -2.19. The molecule has 0 bridgehead atoms. The molecule has 8 heteroatoms. The lowest BCUT2D eigenvalue weighted by Gasteiger charge is -2.10. The Morgan fingerprint density at radius 1 is 1.17 bits per heavy atom. The van der Waals surface area contributed by atoms with Crippen LogP contribution in [0.1, 0.15) is 12.5 Å². The van der Waals surface area contributed by atoms with E-state index >= 15 is 0 Å². The van der Waals surface area contributed by atoms with Crippen molar-refractivity contribution >= 4 is 16.0 Å². The van der Waals surface area contributed by atoms with E-state index in [0.29, 0.717) is 12.2 Å². The van der Waals surface area contributed by atoms with Gasteiger partial charge in [0.2, 0.25) is 5.95 Å². The maximum atomic E-state index is 12.5. The molecular weight excluding hydrogens is 326 g/mol. The third kappa shape index (κ3) is 3.13. The highest BCUT2D eigenvalue weighted by atomic mass is 32.2. The molecule has 2 aromatic heterocycles. The fourth-order valence-corrected chi connectivity index (χ4v) is 3.48. The summed E-state index contributed by atoms with van der Waals surface area (Å²) in [5, 5.41) is 4.06. The van der Waals surface area contributed by atoms with Crippen LogP contribution < -0.4 is 4.72 Å². The largest absolute Gasteiger partial charge is 0.281 e. The fourth-order valence-electron chi connectivity index (χ4n) is 2.34. The summed E-state index contributed by atoms with van der Waals surface area (Å²) in [6.07, 6.45) is 3.05. The van der Waals surface area contributed by atoms with Crippen LogP contribution in [0, 0.1) is 6.92 Å². The second kappa shape index (κ2) is 6.40. The van der Waals surface area contributed by atoms with Crippen LogP contribution >= 0.6 is 0 Å². The molecule has 0 spiro atoms. The van der Waals surface area contributed by atoms with E-state index in [4.69, 9.17) is 0 Å². The summed E-state index contributed by atoms with van der Waals surface area (Å²) in [6, 6.07) is 11.0. The molecule has 0 aliphatic heterocycles. The normalized spacial score (nSPS) is 11.4. The highest BCUT2D eigenvalue weighted by Crippen LogP contribution is 2.22. The number of aromatic nitrogens is 4. The van der Waals surface area contributed by atoms with Crippen LogP contribution in [0.25, 0.3) is 11.3 Å². The summed E-state index contributed by atoms with van der Waals surface area (Å²) in [4.78, 5) is 8.45. The van der Waals surface area contributed by atoms with Crippen molar-refractivity contribution in [1.29, 1.82) is 0 Å². The Morgan fingerprint density at radius 2 is 1.92 bits per heavy atom. The maximum absolute atomic E-state index is 12.5. The van der Waals surface area contributed by atoms with Gasteiger partial charge < -0.3 is 0 Å². The van der Waals surface area contributed by atoms with Crippen molar-refractivity contribution in [3.05, 3.63) is 54.4 Å². The molecule has 3 aromatic rings. The second-order valence-corrected chi connectivity index (χ2v) is 6.81. The number of aryl methyl sites for hydroxylation is 2. The molecular formula is C16H17N5O2S. The lowest BCUT2D eigenvalue weighted by molar-refractivity contribution is 0.558. The molecule has 0 saturated heterocycles. The van der Waals surface area contributed by atoms with E-state index in [1.165, 1.54) is 16.9 Å². The van der Waals surface area contributed by atoms with Crippen molar-refractivity contribution in [3.63, 3.8) is 0 Å². The molecule has 24 heavy (non-hydrogen) atoms. The predicted molar refractivity (Wildman–Crippen MR) is 90.9 cm³/mol. The van der Waals surface area contributed by atoms with Crippen LogP contribution in [0.2, 0.25) is 0 Å². The number of hydrogen-bond acceptors (Lipinski definition) is 5. The third-order valence-corrected chi connectivity index (χ3v) is 4.85. The van der Waals surface area contributed by atoms with Crippen molar-refractivity contribution in [1.82, 2.24) is 19.7 Å². The molecule has 0 radical (unpaired) electrons. The fraction of sp³-hybridized carbons (Fsp3) is 0.188. The van der Waals surface area contributed by atoms with Crippen molar-refractivity contribution in [2.75, 3.05) is 4.72 Å². The van der Waals surface area contributed by atoms with Crippen LogP contribution in [-0.2, 0) is 16.6 Å². The molecule has 1 N–H and O–H groups in total. The minimum absolute atomic E-state index is 0.0308. The molecule has 3 rings (SSSR count). The second-order valence-electron chi connectivity index (χ2n) is 5.18. The predicted octanol–water partition coefficient (Wildman–Crippen LogP) is 2.47. The zero-order valence-electron chi connectivity index (χ0n) is 13.3. The van der Waals surface area contributed by atoms with Gasteiger partial charge in [-0.25, -0.2) is 14.7 Å². The van der Waals surface area contributed by atoms with E-state index in [1.54, 1.807) is 6.20 Å². The molecule has 0 amide bonds. The van der Waals surface area contributed by atoms with Gasteiger partial charge in [0.1, 0.15) is 0 Å². The molecule has 1 aromatic carbocycles. The Kier molecular flexibility index (Phi) is 4.30. The highest BCUT2D eigenvalue weighted by Gasteiger charge is 2.20. The van der Waals surface area contributed by atoms with Gasteiger partial charge in [-0.1, -0.05) is 30.3 Å². The van der Waals surface area contributed by atoms with Gasteiger partial charge in [0.05, 0.1) is 11.9 Å². The third-order valence-electron chi connectivity index (χ3n) is 3.50. The zero-order chi connectivity index (χ0) is 17.2. The van der Waals surface area contributed by atoms with Crippen molar-refractivity contribution < 1.29 is 8.42 Å². The first-order valence-corrected chi connectivity index (χ1v) is 8.93. The molecule has 0 atom stereocenters. The standard InChI is InChI=1S/C16H17N5O2S/c1-3-21-14(9-10-18-21)24(22,23)20-16-17-11-12(2)15(19-16)13-7-5-4-6-8-13/h4-11H,3H2,1-2H3,(H,17,19,20). The highest BCUT2D eigenvalue weighted by molar-refractivity contribution is 7.92. The van der Waals surface area contributed by atoms with Crippen molar-refractivity contribution in [2.24, 2.45) is 0 Å². The molecule has 0 fully saturated rings. The topological polar surface area (TPSA) is 89.8 Å². The molecule has 124 valence electrons. The van der Waals surface area contributed by atoms with Gasteiger partial charge in [-0.3, -0.25) is 4.68 Å². The van der Waals surface area contributed by atoms with Gasteiger partial charge in [-0.05, 0) is 25.5 Å². The van der Waals surface area contributed by atoms with Crippen LogP contribution in [0.5, 0.6) is 0 Å². The summed E-state index contributed by atoms with van der Waals surface area (Å²) >= 11 is 0. The lowest BCUT2D eigenvalue weighted by atomic mass is 10.1. The number of sulfonamides is 1. The number of nitrogens with zero attached hydrogens (tertiary/aromatic N) is 4. The summed E-state index contributed by atoms with van der Waals surface area (Å²) in [5.74, 6) is 0.0308. The summed E-state index contributed by atoms with van der Waals surface area (Å²) < 4.78 is 28.9. The zero-order valence-corrected chi connectivity index (χ0v) is 14.2. The minimum atomic E-state index is -3.80. The number of anilines is 1. The Bertz CT molecular complexity index is 952. The molecule has 2 heterocycles. The maximum Gasteiger partial charge on any atom is 0.281 e. The Hall–Kier alpha value is -2.74. The van der Waals surface area contributed by atoms with E-state index < -0.39 is 10.0 Å². The van der Waals surface area contributed by atoms with E-state index in [-0.39, 0.29) is 11.0 Å². The SMILES string of the molecule is CCn1nccc1S(=O)(=O)Nc1ncc(C)c(-c2ccccc2)n1. The minimum Gasteiger partial charge on any atom is -0.253 e. The summed E-state index contributed by atoms with van der Waals surface area (Å²) in [6.45, 7) is 4.15. The average molecular weight is 343 g/mol. The van der Waals surface area contributed by atoms with Gasteiger partial charge in [0.25, 0.3) is 10.0 Å². The quantitative estimate of drug-likeness (QED) is 0.768. The number of rotatable bonds is 5. The van der Waals surface area contributed by atoms with Gasteiger partial charge in [0.15, 0.2) is 5.03 Å². The first-order chi connectivity index (χ1) is 11.5. The van der Waals surface area contributed by atoms with Crippen LogP contribution in [-0.4, -0.2) is 28.2 Å². The smallest absolute Gasteiger partial charge is 0.253 e. The van der Waals surface area contributed by atoms with E-state index in [9.17, 15) is 8.42 Å². The molecule has 0 saturated carbocycles. The summed E-state index contributed by atoms with van der Waals surface area (Å²) in [5.41, 5.74) is 2.45. The first-order valence-electron chi connectivity index (χ1n) is 7.45. The molecule has 0 aliphatic rings. The van der Waals surface area contributed by atoms with Crippen LogP contribution in [0.4, 0.5) is 5.95 Å². The Labute approximate surface area is 140 Å². The summed E-state index contributed by atoms with van der Waals surface area (Å²) in [7, 11) is -3.80. The molecule has 0 aliphatic carbocycles. The molecule has 0 unspecified atom stereocenters. The van der Waals surface area contributed by atoms with Gasteiger partial charge in [-0.2, -0.15) is 13.5 Å². The average Bonchev–Trinajstić information content (AvgIpc) is 3.07. The first kappa shape index (κ1) is 16.1. The monoisotopic (exact) mass is 343 g/mol. The van der Waals surface area contributed by atoms with E-state index in [0.717, 1.165) is 11.1 Å². The van der Waals surface area contributed by atoms with Gasteiger partial charge in [0, 0.05) is 18.3 Å². The molecule has 7 nitrogen and oxygen atoms in total. The van der Waals surface area contributed by atoms with Crippen molar-refractivity contribution in [3.8, 4) is 11.3 Å². The van der Waals surface area contributed by atoms with Crippen molar-refractivity contribution in [2.45, 2.75) is 25.4 Å². The van der Waals surface area contributed by atoms with Crippen LogP contribution in [0.15, 0.2) is 53.8 Å². The number of benzene rings is 1. The van der Waals surface area contributed by atoms with E-state index in [1.807, 2.05) is 44.2 Å². The Morgan fingerprint density at radius 3 is 2.62 bits per heavy atom. The van der Waals surface area contributed by atoms with E-state index in [2.05, 4.69) is 19.8 Å². The van der Waals surface area contributed by atoms with Gasteiger partial charge >= 0.3 is 0 Å². The number of nitrogens with one attached hydrogen (secondary N) is 1. The van der Waals surface area contributed by atoms with Crippen LogP contribution in [0.3, 0.4) is 0 Å².